The van der Waals surface area contributed by atoms with Crippen molar-refractivity contribution in [1.82, 2.24) is 5.32 Å². The number of hydrogen-bond donors (Lipinski definition) is 1. The molecule has 2 bridgehead atoms. The Morgan fingerprint density at radius 2 is 2.33 bits per heavy atom. The molecule has 15 heavy (non-hydrogen) atoms. The van der Waals surface area contributed by atoms with Gasteiger partial charge in [-0.3, -0.25) is 4.79 Å². The summed E-state index contributed by atoms with van der Waals surface area (Å²) in [6.45, 7) is 1.46. The lowest BCUT2D eigenvalue weighted by Crippen LogP contribution is -2.33. The van der Waals surface area contributed by atoms with Gasteiger partial charge in [0.15, 0.2) is 0 Å². The molecule has 0 aromatic carbocycles. The first-order valence-electron chi connectivity index (χ1n) is 5.76. The second-order valence-electron chi connectivity index (χ2n) is 4.52. The molecular weight excluding hydrogens is 190 g/mol. The predicted octanol–water partition coefficient (Wildman–Crippen LogP) is 1.35. The molecule has 3 nitrogen and oxygen atoms in total. The number of carbonyl (C=O) groups excluding carboxylic acids is 1. The van der Waals surface area contributed by atoms with Crippen LogP contribution in [0.2, 0.25) is 0 Å². The molecule has 3 atom stereocenters. The third-order valence-electron chi connectivity index (χ3n) is 3.44. The molecule has 0 saturated heterocycles. The van der Waals surface area contributed by atoms with Crippen LogP contribution in [0.1, 0.15) is 19.3 Å². The Hall–Kier alpha value is -0.830. The zero-order chi connectivity index (χ0) is 10.7. The van der Waals surface area contributed by atoms with Gasteiger partial charge in [-0.15, -0.1) is 0 Å². The van der Waals surface area contributed by atoms with Crippen molar-refractivity contribution in [1.29, 1.82) is 0 Å². The van der Waals surface area contributed by atoms with E-state index in [9.17, 15) is 4.79 Å². The first-order valence-corrected chi connectivity index (χ1v) is 5.76. The Labute approximate surface area is 90.9 Å². The van der Waals surface area contributed by atoms with E-state index in [1.165, 1.54) is 6.42 Å². The molecule has 2 aliphatic rings. The van der Waals surface area contributed by atoms with Crippen LogP contribution in [0.15, 0.2) is 12.2 Å². The summed E-state index contributed by atoms with van der Waals surface area (Å²) in [5, 5.41) is 2.99. The third kappa shape index (κ3) is 2.40. The minimum absolute atomic E-state index is 0.238. The van der Waals surface area contributed by atoms with Crippen molar-refractivity contribution in [2.45, 2.75) is 19.3 Å². The quantitative estimate of drug-likeness (QED) is 0.548. The largest absolute Gasteiger partial charge is 0.385 e. The fourth-order valence-corrected chi connectivity index (χ4v) is 2.64. The molecule has 2 aliphatic carbocycles. The fourth-order valence-electron chi connectivity index (χ4n) is 2.64. The summed E-state index contributed by atoms with van der Waals surface area (Å²) in [6.07, 6.45) is 7.62. The van der Waals surface area contributed by atoms with E-state index in [1.807, 2.05) is 0 Å². The molecule has 0 spiro atoms. The van der Waals surface area contributed by atoms with E-state index in [-0.39, 0.29) is 11.8 Å². The van der Waals surface area contributed by atoms with Crippen LogP contribution in [0.4, 0.5) is 0 Å². The molecule has 84 valence electrons. The maximum atomic E-state index is 11.8. The molecule has 1 amide bonds. The summed E-state index contributed by atoms with van der Waals surface area (Å²) in [6, 6.07) is 0. The highest BCUT2D eigenvalue weighted by molar-refractivity contribution is 5.79. The van der Waals surface area contributed by atoms with E-state index in [0.29, 0.717) is 11.8 Å². The van der Waals surface area contributed by atoms with Gasteiger partial charge >= 0.3 is 0 Å². The van der Waals surface area contributed by atoms with Crippen LogP contribution in [0.3, 0.4) is 0 Å². The Balaban J connectivity index is 1.70. The van der Waals surface area contributed by atoms with Crippen LogP contribution >= 0.6 is 0 Å². The van der Waals surface area contributed by atoms with Gasteiger partial charge in [0.1, 0.15) is 0 Å². The topological polar surface area (TPSA) is 38.3 Å². The lowest BCUT2D eigenvalue weighted by atomic mass is 9.93. The van der Waals surface area contributed by atoms with Crippen LogP contribution in [0.5, 0.6) is 0 Å². The second-order valence-corrected chi connectivity index (χ2v) is 4.52. The van der Waals surface area contributed by atoms with Crippen molar-refractivity contribution in [3.63, 3.8) is 0 Å². The average molecular weight is 209 g/mol. The maximum absolute atomic E-state index is 11.8. The van der Waals surface area contributed by atoms with E-state index < -0.39 is 0 Å². The molecule has 2 rings (SSSR count). The molecule has 3 unspecified atom stereocenters. The van der Waals surface area contributed by atoms with Gasteiger partial charge < -0.3 is 10.1 Å². The zero-order valence-electron chi connectivity index (χ0n) is 9.24. The zero-order valence-corrected chi connectivity index (χ0v) is 9.24. The average Bonchev–Trinajstić information content (AvgIpc) is 2.85. The SMILES string of the molecule is COCCCNC(=O)C1CC2C=CC1C2. The molecule has 0 heterocycles. The summed E-state index contributed by atoms with van der Waals surface area (Å²) in [4.78, 5) is 11.8. The Kier molecular flexibility index (Phi) is 3.41. The van der Waals surface area contributed by atoms with Crippen LogP contribution in [-0.4, -0.2) is 26.2 Å². The van der Waals surface area contributed by atoms with Gasteiger partial charge in [0.25, 0.3) is 0 Å². The van der Waals surface area contributed by atoms with Gasteiger partial charge in [0, 0.05) is 26.2 Å². The Morgan fingerprint density at radius 1 is 1.47 bits per heavy atom. The van der Waals surface area contributed by atoms with Crippen LogP contribution in [0.25, 0.3) is 0 Å². The lowest BCUT2D eigenvalue weighted by Gasteiger charge is -2.17. The van der Waals surface area contributed by atoms with E-state index >= 15 is 0 Å². The molecule has 0 aromatic heterocycles. The highest BCUT2D eigenvalue weighted by Crippen LogP contribution is 2.43. The summed E-state index contributed by atoms with van der Waals surface area (Å²) in [5.74, 6) is 1.66. The summed E-state index contributed by atoms with van der Waals surface area (Å²) in [7, 11) is 1.68. The number of amides is 1. The Morgan fingerprint density at radius 3 is 2.93 bits per heavy atom. The van der Waals surface area contributed by atoms with Crippen LogP contribution < -0.4 is 5.32 Å². The van der Waals surface area contributed by atoms with Crippen LogP contribution in [-0.2, 0) is 9.53 Å². The van der Waals surface area contributed by atoms with Gasteiger partial charge in [-0.2, -0.15) is 0 Å². The molecule has 1 saturated carbocycles. The minimum Gasteiger partial charge on any atom is -0.385 e. The van der Waals surface area contributed by atoms with Crippen molar-refractivity contribution in [3.8, 4) is 0 Å². The number of hydrogen-bond acceptors (Lipinski definition) is 2. The number of ether oxygens (including phenoxy) is 1. The van der Waals surface area contributed by atoms with Gasteiger partial charge in [-0.1, -0.05) is 12.2 Å². The summed E-state index contributed by atoms with van der Waals surface area (Å²) >= 11 is 0. The summed E-state index contributed by atoms with van der Waals surface area (Å²) in [5.41, 5.74) is 0. The fraction of sp³-hybridized carbons (Fsp3) is 0.750. The Bertz CT molecular complexity index is 262. The van der Waals surface area contributed by atoms with Gasteiger partial charge in [0.2, 0.25) is 5.91 Å². The van der Waals surface area contributed by atoms with Crippen LogP contribution in [0, 0.1) is 17.8 Å². The number of fused-ring (bicyclic) bond motifs is 2. The number of nitrogens with one attached hydrogen (secondary N) is 1. The second kappa shape index (κ2) is 4.79. The van der Waals surface area contributed by atoms with E-state index in [0.717, 1.165) is 26.0 Å². The monoisotopic (exact) mass is 209 g/mol. The summed E-state index contributed by atoms with van der Waals surface area (Å²) < 4.78 is 4.94. The number of allylic oxidation sites excluding steroid dienone is 2. The standard InChI is InChI=1S/C12H19NO2/c1-15-6-2-5-13-12(14)11-8-9-3-4-10(11)7-9/h3-4,9-11H,2,5-8H2,1H3,(H,13,14). The lowest BCUT2D eigenvalue weighted by molar-refractivity contribution is -0.125. The number of rotatable bonds is 5. The van der Waals surface area contributed by atoms with Crippen molar-refractivity contribution in [2.75, 3.05) is 20.3 Å². The maximum Gasteiger partial charge on any atom is 0.223 e. The number of methoxy groups -OCH3 is 1. The minimum atomic E-state index is 0.238. The van der Waals surface area contributed by atoms with Crippen molar-refractivity contribution >= 4 is 5.91 Å². The van der Waals surface area contributed by atoms with Gasteiger partial charge in [-0.25, -0.2) is 0 Å². The molecule has 1 fully saturated rings. The third-order valence-corrected chi connectivity index (χ3v) is 3.44. The van der Waals surface area contributed by atoms with Crippen molar-refractivity contribution in [2.24, 2.45) is 17.8 Å². The first-order chi connectivity index (χ1) is 7.31. The molecule has 3 heteroatoms. The molecule has 1 N–H and O–H groups in total. The normalized spacial score (nSPS) is 32.2. The van der Waals surface area contributed by atoms with E-state index in [2.05, 4.69) is 17.5 Å². The number of carbonyl (C=O) groups is 1. The van der Waals surface area contributed by atoms with Gasteiger partial charge in [0.05, 0.1) is 0 Å². The van der Waals surface area contributed by atoms with Crippen molar-refractivity contribution in [3.05, 3.63) is 12.2 Å². The molecule has 0 aromatic rings. The van der Waals surface area contributed by atoms with Gasteiger partial charge in [-0.05, 0) is 31.1 Å². The first kappa shape index (κ1) is 10.7. The van der Waals surface area contributed by atoms with Crippen molar-refractivity contribution < 1.29 is 9.53 Å². The molecular formula is C12H19NO2. The van der Waals surface area contributed by atoms with E-state index in [4.69, 9.17) is 4.74 Å². The highest BCUT2D eigenvalue weighted by Gasteiger charge is 2.39. The van der Waals surface area contributed by atoms with E-state index in [1.54, 1.807) is 7.11 Å². The predicted molar refractivity (Wildman–Crippen MR) is 58.3 cm³/mol. The smallest absolute Gasteiger partial charge is 0.223 e. The highest BCUT2D eigenvalue weighted by atomic mass is 16.5. The molecule has 0 aliphatic heterocycles. The molecule has 0 radical (unpaired) electrons.